The molecule has 7 nitrogen and oxygen atoms in total. The Kier molecular flexibility index (Phi) is 5.72. The maximum atomic E-state index is 13.6. The first-order valence-electron chi connectivity index (χ1n) is 10.7. The summed E-state index contributed by atoms with van der Waals surface area (Å²) < 4.78 is 24.7. The number of aryl methyl sites for hydroxylation is 1. The lowest BCUT2D eigenvalue weighted by molar-refractivity contribution is -0.124. The van der Waals surface area contributed by atoms with Crippen LogP contribution in [0, 0.1) is 18.7 Å². The maximum Gasteiger partial charge on any atom is 0.232 e. The number of carbonyl (C=O) groups excluding carboxylic acids is 2. The van der Waals surface area contributed by atoms with Gasteiger partial charge < -0.3 is 19.3 Å². The fourth-order valence-corrected chi connectivity index (χ4v) is 4.71. The first-order chi connectivity index (χ1) is 16.0. The number of ether oxygens (including phenoxy) is 2. The molecule has 0 radical (unpaired) electrons. The quantitative estimate of drug-likeness (QED) is 0.568. The van der Waals surface area contributed by atoms with E-state index in [0.717, 1.165) is 10.7 Å². The summed E-state index contributed by atoms with van der Waals surface area (Å²) in [5.74, 6) is -0.000289. The van der Waals surface area contributed by atoms with E-state index in [4.69, 9.17) is 9.47 Å². The molecular weight excluding hydrogens is 445 g/mol. The minimum Gasteiger partial charge on any atom is -0.486 e. The van der Waals surface area contributed by atoms with Crippen LogP contribution >= 0.6 is 11.3 Å². The van der Waals surface area contributed by atoms with Gasteiger partial charge in [-0.25, -0.2) is 9.37 Å². The van der Waals surface area contributed by atoms with Gasteiger partial charge in [-0.2, -0.15) is 0 Å². The van der Waals surface area contributed by atoms with Crippen molar-refractivity contribution in [2.75, 3.05) is 29.6 Å². The zero-order valence-corrected chi connectivity index (χ0v) is 18.8. The highest BCUT2D eigenvalue weighted by Gasteiger charge is 2.38. The van der Waals surface area contributed by atoms with Gasteiger partial charge >= 0.3 is 0 Å². The summed E-state index contributed by atoms with van der Waals surface area (Å²) in [4.78, 5) is 34.1. The Bertz CT molecular complexity index is 1200. The molecular formula is C24H22FN3O4S. The largest absolute Gasteiger partial charge is 0.486 e. The fraction of sp³-hybridized carbons (Fsp3) is 0.292. The maximum absolute atomic E-state index is 13.6. The Morgan fingerprint density at radius 2 is 1.94 bits per heavy atom. The first kappa shape index (κ1) is 21.4. The standard InChI is InChI=1S/C24H22FN3O4S/c1-15-26-18(14-33-15)13-28(19-4-2-17(25)3-5-19)24(30)16-10-23(29)27(12-16)20-6-7-21-22(11-20)32-9-8-31-21/h2-7,11,14,16H,8-10,12-13H2,1H3/t16-/m1/s1. The molecule has 0 N–H and O–H groups in total. The van der Waals surface area contributed by atoms with Crippen molar-refractivity contribution < 1.29 is 23.5 Å². The number of fused-ring (bicyclic) bond motifs is 1. The Balaban J connectivity index is 1.39. The third-order valence-electron chi connectivity index (χ3n) is 5.70. The highest BCUT2D eigenvalue weighted by atomic mass is 32.1. The normalized spacial score (nSPS) is 17.3. The summed E-state index contributed by atoms with van der Waals surface area (Å²) >= 11 is 1.50. The number of aromatic nitrogens is 1. The van der Waals surface area contributed by atoms with Crippen molar-refractivity contribution in [2.24, 2.45) is 5.92 Å². The Labute approximate surface area is 194 Å². The molecule has 1 aromatic heterocycles. The van der Waals surface area contributed by atoms with Gasteiger partial charge in [0.1, 0.15) is 19.0 Å². The van der Waals surface area contributed by atoms with Gasteiger partial charge in [-0.15, -0.1) is 11.3 Å². The molecule has 1 saturated heterocycles. The monoisotopic (exact) mass is 467 g/mol. The molecule has 0 saturated carbocycles. The van der Waals surface area contributed by atoms with Crippen molar-refractivity contribution in [2.45, 2.75) is 19.9 Å². The number of amides is 2. The van der Waals surface area contributed by atoms with Crippen molar-refractivity contribution in [3.05, 3.63) is 64.4 Å². The van der Waals surface area contributed by atoms with Crippen LogP contribution in [0.2, 0.25) is 0 Å². The van der Waals surface area contributed by atoms with E-state index in [9.17, 15) is 14.0 Å². The Morgan fingerprint density at radius 3 is 2.67 bits per heavy atom. The predicted octanol–water partition coefficient (Wildman–Crippen LogP) is 3.95. The molecule has 3 heterocycles. The summed E-state index contributed by atoms with van der Waals surface area (Å²) in [5, 5.41) is 2.80. The van der Waals surface area contributed by atoms with Crippen molar-refractivity contribution in [1.29, 1.82) is 0 Å². The zero-order valence-electron chi connectivity index (χ0n) is 18.0. The van der Waals surface area contributed by atoms with Gasteiger partial charge in [0, 0.05) is 35.8 Å². The second-order valence-corrected chi connectivity index (χ2v) is 9.05. The van der Waals surface area contributed by atoms with E-state index in [1.54, 1.807) is 40.1 Å². The average Bonchev–Trinajstić information content (AvgIpc) is 3.42. The van der Waals surface area contributed by atoms with Crippen LogP contribution in [0.15, 0.2) is 47.8 Å². The number of halogens is 1. The van der Waals surface area contributed by atoms with Gasteiger partial charge in [0.05, 0.1) is 23.2 Å². The first-order valence-corrected chi connectivity index (χ1v) is 11.5. The number of thiazole rings is 1. The minimum absolute atomic E-state index is 0.0983. The number of carbonyl (C=O) groups is 2. The van der Waals surface area contributed by atoms with Crippen LogP contribution in [0.25, 0.3) is 0 Å². The molecule has 5 rings (SSSR count). The van der Waals surface area contributed by atoms with Crippen LogP contribution in [0.3, 0.4) is 0 Å². The SMILES string of the molecule is Cc1nc(CN(C(=O)[C@@H]2CC(=O)N(c3ccc4c(c3)OCCO4)C2)c2ccc(F)cc2)cs1. The molecule has 1 atom stereocenters. The molecule has 0 bridgehead atoms. The summed E-state index contributed by atoms with van der Waals surface area (Å²) in [7, 11) is 0. The number of anilines is 2. The van der Waals surface area contributed by atoms with E-state index in [0.29, 0.717) is 36.1 Å². The summed E-state index contributed by atoms with van der Waals surface area (Å²) in [6.45, 7) is 3.35. The Hall–Kier alpha value is -3.46. The van der Waals surface area contributed by atoms with E-state index in [1.165, 1.54) is 23.5 Å². The third kappa shape index (κ3) is 4.41. The molecule has 2 aliphatic rings. The summed E-state index contributed by atoms with van der Waals surface area (Å²) in [6.07, 6.45) is 0.0983. The van der Waals surface area contributed by atoms with Crippen molar-refractivity contribution >= 4 is 34.5 Å². The lowest BCUT2D eigenvalue weighted by Gasteiger charge is -2.25. The molecule has 3 aromatic rings. The van der Waals surface area contributed by atoms with Crippen molar-refractivity contribution in [3.8, 4) is 11.5 Å². The predicted molar refractivity (Wildman–Crippen MR) is 122 cm³/mol. The van der Waals surface area contributed by atoms with Crippen LogP contribution < -0.4 is 19.3 Å². The van der Waals surface area contributed by atoms with Gasteiger partial charge in [0.25, 0.3) is 0 Å². The second-order valence-electron chi connectivity index (χ2n) is 7.99. The number of benzene rings is 2. The number of rotatable bonds is 5. The molecule has 0 spiro atoms. The minimum atomic E-state index is -0.532. The number of nitrogens with zero attached hydrogens (tertiary/aromatic N) is 3. The molecule has 0 unspecified atom stereocenters. The van der Waals surface area contributed by atoms with Gasteiger partial charge in [-0.3, -0.25) is 9.59 Å². The zero-order chi connectivity index (χ0) is 22.9. The topological polar surface area (TPSA) is 72.0 Å². The molecule has 2 aromatic carbocycles. The lowest BCUT2D eigenvalue weighted by atomic mass is 10.1. The highest BCUT2D eigenvalue weighted by Crippen LogP contribution is 2.36. The van der Waals surface area contributed by atoms with Crippen LogP contribution in [0.1, 0.15) is 17.1 Å². The van der Waals surface area contributed by atoms with E-state index >= 15 is 0 Å². The molecule has 2 aliphatic heterocycles. The van der Waals surface area contributed by atoms with Gasteiger partial charge in [-0.05, 0) is 43.3 Å². The fourth-order valence-electron chi connectivity index (χ4n) is 4.10. The summed E-state index contributed by atoms with van der Waals surface area (Å²) in [6, 6.07) is 11.1. The molecule has 2 amide bonds. The van der Waals surface area contributed by atoms with Gasteiger partial charge in [0.15, 0.2) is 11.5 Å². The highest BCUT2D eigenvalue weighted by molar-refractivity contribution is 7.09. The van der Waals surface area contributed by atoms with Crippen LogP contribution in [0.5, 0.6) is 11.5 Å². The molecule has 9 heteroatoms. The second kappa shape index (κ2) is 8.82. The number of hydrogen-bond acceptors (Lipinski definition) is 6. The molecule has 33 heavy (non-hydrogen) atoms. The van der Waals surface area contributed by atoms with E-state index in [1.807, 2.05) is 12.3 Å². The van der Waals surface area contributed by atoms with Crippen LogP contribution in [0.4, 0.5) is 15.8 Å². The molecule has 0 aliphatic carbocycles. The lowest BCUT2D eigenvalue weighted by Crippen LogP contribution is -2.37. The number of hydrogen-bond donors (Lipinski definition) is 0. The van der Waals surface area contributed by atoms with Crippen LogP contribution in [-0.2, 0) is 16.1 Å². The average molecular weight is 468 g/mol. The molecule has 1 fully saturated rings. The molecule has 170 valence electrons. The third-order valence-corrected chi connectivity index (χ3v) is 6.53. The van der Waals surface area contributed by atoms with Gasteiger partial charge in [0.2, 0.25) is 11.8 Å². The smallest absolute Gasteiger partial charge is 0.232 e. The van der Waals surface area contributed by atoms with E-state index in [-0.39, 0.29) is 37.1 Å². The van der Waals surface area contributed by atoms with Crippen molar-refractivity contribution in [3.63, 3.8) is 0 Å². The van der Waals surface area contributed by atoms with Gasteiger partial charge in [-0.1, -0.05) is 0 Å². The van der Waals surface area contributed by atoms with E-state index in [2.05, 4.69) is 4.98 Å². The van der Waals surface area contributed by atoms with E-state index < -0.39 is 5.92 Å². The summed E-state index contributed by atoms with van der Waals surface area (Å²) in [5.41, 5.74) is 1.99. The van der Waals surface area contributed by atoms with Crippen molar-refractivity contribution in [1.82, 2.24) is 4.98 Å². The Morgan fingerprint density at radius 1 is 1.18 bits per heavy atom. The van der Waals surface area contributed by atoms with Crippen LogP contribution in [-0.4, -0.2) is 36.6 Å².